The fourth-order valence-electron chi connectivity index (χ4n) is 1.44. The SMILES string of the molecule is CCOC(=O)c1cnn(-c2cccc(Cl)c2F)c1. The van der Waals surface area contributed by atoms with Crippen LogP contribution in [-0.2, 0) is 4.74 Å². The molecule has 0 N–H and O–H groups in total. The number of carbonyl (C=O) groups is 1. The first-order valence-corrected chi connectivity index (χ1v) is 5.67. The molecule has 0 fully saturated rings. The van der Waals surface area contributed by atoms with Crippen molar-refractivity contribution >= 4 is 17.6 Å². The van der Waals surface area contributed by atoms with E-state index >= 15 is 0 Å². The lowest BCUT2D eigenvalue weighted by molar-refractivity contribution is 0.0526. The van der Waals surface area contributed by atoms with E-state index < -0.39 is 11.8 Å². The summed E-state index contributed by atoms with van der Waals surface area (Å²) < 4.78 is 19.8. The predicted octanol–water partition coefficient (Wildman–Crippen LogP) is 2.84. The van der Waals surface area contributed by atoms with Crippen LogP contribution in [0.1, 0.15) is 17.3 Å². The summed E-state index contributed by atoms with van der Waals surface area (Å²) in [6, 6.07) is 4.56. The van der Waals surface area contributed by atoms with Gasteiger partial charge in [-0.25, -0.2) is 13.9 Å². The van der Waals surface area contributed by atoms with Crippen LogP contribution in [0.25, 0.3) is 5.69 Å². The van der Waals surface area contributed by atoms with Gasteiger partial charge in [-0.2, -0.15) is 5.10 Å². The number of benzene rings is 1. The van der Waals surface area contributed by atoms with Crippen LogP contribution in [0.2, 0.25) is 5.02 Å². The molecule has 0 saturated carbocycles. The van der Waals surface area contributed by atoms with E-state index in [0.29, 0.717) is 0 Å². The van der Waals surface area contributed by atoms with Crippen LogP contribution in [0.4, 0.5) is 4.39 Å². The number of halogens is 2. The van der Waals surface area contributed by atoms with E-state index in [1.807, 2.05) is 0 Å². The third kappa shape index (κ3) is 2.36. The van der Waals surface area contributed by atoms with Crippen LogP contribution >= 0.6 is 11.6 Å². The van der Waals surface area contributed by atoms with Gasteiger partial charge in [0.25, 0.3) is 0 Å². The Hall–Kier alpha value is -1.88. The van der Waals surface area contributed by atoms with Gasteiger partial charge in [-0.3, -0.25) is 0 Å². The summed E-state index contributed by atoms with van der Waals surface area (Å²) in [5.41, 5.74) is 0.439. The Morgan fingerprint density at radius 2 is 2.33 bits per heavy atom. The van der Waals surface area contributed by atoms with Crippen molar-refractivity contribution in [1.29, 1.82) is 0 Å². The number of esters is 1. The molecule has 0 unspecified atom stereocenters. The molecule has 0 aliphatic carbocycles. The summed E-state index contributed by atoms with van der Waals surface area (Å²) in [5, 5.41) is 3.91. The molecule has 2 aromatic rings. The highest BCUT2D eigenvalue weighted by molar-refractivity contribution is 6.30. The second-order valence-corrected chi connectivity index (χ2v) is 3.87. The first kappa shape index (κ1) is 12.6. The van der Waals surface area contributed by atoms with Crippen molar-refractivity contribution in [2.75, 3.05) is 6.61 Å². The van der Waals surface area contributed by atoms with Gasteiger partial charge in [-0.05, 0) is 19.1 Å². The highest BCUT2D eigenvalue weighted by atomic mass is 35.5. The average molecular weight is 269 g/mol. The summed E-state index contributed by atoms with van der Waals surface area (Å²) in [6.07, 6.45) is 2.71. The number of ether oxygens (including phenoxy) is 1. The van der Waals surface area contributed by atoms with E-state index in [-0.39, 0.29) is 22.9 Å². The maximum absolute atomic E-state index is 13.7. The zero-order valence-corrected chi connectivity index (χ0v) is 10.3. The van der Waals surface area contributed by atoms with Crippen molar-refractivity contribution in [3.63, 3.8) is 0 Å². The number of nitrogens with zero attached hydrogens (tertiary/aromatic N) is 2. The third-order valence-corrected chi connectivity index (χ3v) is 2.56. The van der Waals surface area contributed by atoms with E-state index in [2.05, 4.69) is 5.10 Å². The molecule has 18 heavy (non-hydrogen) atoms. The molecule has 0 atom stereocenters. The molecule has 94 valence electrons. The Morgan fingerprint density at radius 1 is 1.56 bits per heavy atom. The van der Waals surface area contributed by atoms with Gasteiger partial charge in [0, 0.05) is 6.20 Å². The molecule has 0 bridgehead atoms. The van der Waals surface area contributed by atoms with E-state index in [1.165, 1.54) is 29.2 Å². The Kier molecular flexibility index (Phi) is 3.62. The van der Waals surface area contributed by atoms with Crippen LogP contribution in [-0.4, -0.2) is 22.4 Å². The van der Waals surface area contributed by atoms with Gasteiger partial charge in [-0.1, -0.05) is 17.7 Å². The van der Waals surface area contributed by atoms with Gasteiger partial charge >= 0.3 is 5.97 Å². The molecule has 0 saturated heterocycles. The third-order valence-electron chi connectivity index (χ3n) is 2.27. The van der Waals surface area contributed by atoms with Crippen LogP contribution in [0.5, 0.6) is 0 Å². The Labute approximate surface area is 108 Å². The van der Waals surface area contributed by atoms with Gasteiger partial charge in [0.2, 0.25) is 0 Å². The Bertz CT molecular complexity index is 583. The van der Waals surface area contributed by atoms with Crippen LogP contribution < -0.4 is 0 Å². The van der Waals surface area contributed by atoms with Crippen LogP contribution in [0, 0.1) is 5.82 Å². The van der Waals surface area contributed by atoms with E-state index in [9.17, 15) is 9.18 Å². The van der Waals surface area contributed by atoms with Gasteiger partial charge < -0.3 is 4.74 Å². The van der Waals surface area contributed by atoms with Crippen molar-refractivity contribution in [2.24, 2.45) is 0 Å². The van der Waals surface area contributed by atoms with Crippen molar-refractivity contribution < 1.29 is 13.9 Å². The molecule has 0 aliphatic rings. The van der Waals surface area contributed by atoms with Crippen molar-refractivity contribution in [2.45, 2.75) is 6.92 Å². The van der Waals surface area contributed by atoms with Crippen molar-refractivity contribution in [3.05, 3.63) is 47.0 Å². The lowest BCUT2D eigenvalue weighted by Gasteiger charge is -2.03. The van der Waals surface area contributed by atoms with Crippen molar-refractivity contribution in [3.8, 4) is 5.69 Å². The monoisotopic (exact) mass is 268 g/mol. The normalized spacial score (nSPS) is 10.4. The molecule has 0 radical (unpaired) electrons. The second kappa shape index (κ2) is 5.18. The molecule has 0 aliphatic heterocycles. The highest BCUT2D eigenvalue weighted by Crippen LogP contribution is 2.21. The van der Waals surface area contributed by atoms with Crippen LogP contribution in [0.3, 0.4) is 0 Å². The van der Waals surface area contributed by atoms with Crippen molar-refractivity contribution in [1.82, 2.24) is 9.78 Å². The summed E-state index contributed by atoms with van der Waals surface area (Å²) in [7, 11) is 0. The molecule has 2 rings (SSSR count). The average Bonchev–Trinajstić information content (AvgIpc) is 2.82. The van der Waals surface area contributed by atoms with E-state index in [4.69, 9.17) is 16.3 Å². The van der Waals surface area contributed by atoms with Gasteiger partial charge in [-0.15, -0.1) is 0 Å². The summed E-state index contributed by atoms with van der Waals surface area (Å²) in [5.74, 6) is -1.08. The number of hydrogen-bond acceptors (Lipinski definition) is 3. The molecule has 6 heteroatoms. The minimum absolute atomic E-state index is 0.000634. The molecule has 0 amide bonds. The molecular formula is C12H10ClFN2O2. The molecule has 1 heterocycles. The lowest BCUT2D eigenvalue weighted by atomic mass is 10.3. The number of carbonyl (C=O) groups excluding carboxylic acids is 1. The fourth-order valence-corrected chi connectivity index (χ4v) is 1.61. The zero-order chi connectivity index (χ0) is 13.1. The maximum atomic E-state index is 13.7. The first-order valence-electron chi connectivity index (χ1n) is 5.29. The predicted molar refractivity (Wildman–Crippen MR) is 64.5 cm³/mol. The summed E-state index contributed by atoms with van der Waals surface area (Å²) in [6.45, 7) is 1.98. The topological polar surface area (TPSA) is 44.1 Å². The minimum atomic E-state index is -0.585. The molecular weight excluding hydrogens is 259 g/mol. The number of hydrogen-bond donors (Lipinski definition) is 0. The minimum Gasteiger partial charge on any atom is -0.462 e. The van der Waals surface area contributed by atoms with Gasteiger partial charge in [0.15, 0.2) is 5.82 Å². The summed E-state index contributed by atoms with van der Waals surface area (Å²) >= 11 is 5.68. The highest BCUT2D eigenvalue weighted by Gasteiger charge is 2.13. The maximum Gasteiger partial charge on any atom is 0.341 e. The molecule has 1 aromatic carbocycles. The first-order chi connectivity index (χ1) is 8.63. The fraction of sp³-hybridized carbons (Fsp3) is 0.167. The standard InChI is InChI=1S/C12H10ClFN2O2/c1-2-18-12(17)8-6-15-16(7-8)10-5-3-4-9(13)11(10)14/h3-7H,2H2,1H3. The van der Waals surface area contributed by atoms with Gasteiger partial charge in [0.05, 0.1) is 23.4 Å². The molecule has 1 aromatic heterocycles. The van der Waals surface area contributed by atoms with E-state index in [0.717, 1.165) is 0 Å². The lowest BCUT2D eigenvalue weighted by Crippen LogP contribution is -2.03. The van der Waals surface area contributed by atoms with Crippen LogP contribution in [0.15, 0.2) is 30.6 Å². The number of rotatable bonds is 3. The van der Waals surface area contributed by atoms with Gasteiger partial charge in [0.1, 0.15) is 5.69 Å². The Balaban J connectivity index is 2.35. The molecule has 0 spiro atoms. The smallest absolute Gasteiger partial charge is 0.341 e. The largest absolute Gasteiger partial charge is 0.462 e. The number of aromatic nitrogens is 2. The summed E-state index contributed by atoms with van der Waals surface area (Å²) in [4.78, 5) is 11.4. The zero-order valence-electron chi connectivity index (χ0n) is 9.56. The molecule has 4 nitrogen and oxygen atoms in total. The second-order valence-electron chi connectivity index (χ2n) is 3.47. The quantitative estimate of drug-likeness (QED) is 0.804. The Morgan fingerprint density at radius 3 is 3.06 bits per heavy atom. The van der Waals surface area contributed by atoms with E-state index in [1.54, 1.807) is 13.0 Å².